The van der Waals surface area contributed by atoms with Crippen LogP contribution in [0.15, 0.2) is 17.6 Å². The highest BCUT2D eigenvalue weighted by atomic mass is 35.5. The Morgan fingerprint density at radius 1 is 1.33 bits per heavy atom. The molecule has 1 saturated carbocycles. The lowest BCUT2D eigenvalue weighted by molar-refractivity contribution is 0.286. The van der Waals surface area contributed by atoms with Crippen LogP contribution in [0.1, 0.15) is 58.8 Å². The Balaban J connectivity index is 2.46. The monoisotopic (exact) mass is 312 g/mol. The van der Waals surface area contributed by atoms with Crippen LogP contribution in [0.25, 0.3) is 0 Å². The standard InChI is InChI=1S/C18H33ClN2/c1-5-14(3)17(18(19)20-4)21-13-15(6-2)12-16-10-8-7-9-11-16/h6,14-18,21H,2,4-5,7-13H2,1,3H3. The fraction of sp³-hybridized carbons (Fsp3) is 0.833. The smallest absolute Gasteiger partial charge is 0.138 e. The largest absolute Gasteiger partial charge is 0.310 e. The van der Waals surface area contributed by atoms with E-state index in [1.54, 1.807) is 0 Å². The van der Waals surface area contributed by atoms with E-state index in [4.69, 9.17) is 11.6 Å². The molecule has 0 aliphatic heterocycles. The van der Waals surface area contributed by atoms with Crippen LogP contribution in [0.4, 0.5) is 0 Å². The van der Waals surface area contributed by atoms with Gasteiger partial charge in [-0.15, -0.1) is 6.58 Å². The summed E-state index contributed by atoms with van der Waals surface area (Å²) in [5.74, 6) is 1.92. The molecule has 2 nitrogen and oxygen atoms in total. The van der Waals surface area contributed by atoms with Crippen molar-refractivity contribution in [3.05, 3.63) is 12.7 Å². The van der Waals surface area contributed by atoms with E-state index in [2.05, 4.69) is 43.5 Å². The van der Waals surface area contributed by atoms with Gasteiger partial charge < -0.3 is 5.32 Å². The van der Waals surface area contributed by atoms with Crippen molar-refractivity contribution in [2.75, 3.05) is 6.54 Å². The summed E-state index contributed by atoms with van der Waals surface area (Å²) >= 11 is 6.31. The van der Waals surface area contributed by atoms with Crippen LogP contribution in [0.2, 0.25) is 0 Å². The molecule has 0 saturated heterocycles. The Hall–Kier alpha value is -0.340. The molecule has 0 amide bonds. The maximum Gasteiger partial charge on any atom is 0.138 e. The van der Waals surface area contributed by atoms with E-state index in [1.165, 1.54) is 38.5 Å². The Kier molecular flexibility index (Phi) is 9.26. The predicted molar refractivity (Wildman–Crippen MR) is 95.3 cm³/mol. The second-order valence-electron chi connectivity index (χ2n) is 6.61. The highest BCUT2D eigenvalue weighted by Crippen LogP contribution is 2.29. The molecular weight excluding hydrogens is 280 g/mol. The topological polar surface area (TPSA) is 24.4 Å². The van der Waals surface area contributed by atoms with Gasteiger partial charge in [-0.2, -0.15) is 0 Å². The van der Waals surface area contributed by atoms with Gasteiger partial charge in [-0.05, 0) is 30.9 Å². The molecule has 0 aromatic heterocycles. The summed E-state index contributed by atoms with van der Waals surface area (Å²) in [6.07, 6.45) is 11.5. The van der Waals surface area contributed by atoms with Crippen LogP contribution < -0.4 is 5.32 Å². The fourth-order valence-corrected chi connectivity index (χ4v) is 3.68. The second-order valence-corrected chi connectivity index (χ2v) is 7.06. The van der Waals surface area contributed by atoms with Gasteiger partial charge in [-0.25, -0.2) is 0 Å². The number of hydrogen-bond donors (Lipinski definition) is 1. The van der Waals surface area contributed by atoms with Crippen molar-refractivity contribution < 1.29 is 0 Å². The van der Waals surface area contributed by atoms with Gasteiger partial charge in [-0.1, -0.05) is 70.0 Å². The fourth-order valence-electron chi connectivity index (χ4n) is 3.34. The lowest BCUT2D eigenvalue weighted by atomic mass is 9.82. The molecule has 21 heavy (non-hydrogen) atoms. The van der Waals surface area contributed by atoms with Crippen LogP contribution in [0.3, 0.4) is 0 Å². The van der Waals surface area contributed by atoms with Crippen LogP contribution >= 0.6 is 11.6 Å². The van der Waals surface area contributed by atoms with E-state index in [0.717, 1.165) is 18.9 Å². The number of nitrogens with zero attached hydrogens (tertiary/aromatic N) is 1. The van der Waals surface area contributed by atoms with Gasteiger partial charge in [0.2, 0.25) is 0 Å². The van der Waals surface area contributed by atoms with Crippen molar-refractivity contribution >= 4 is 18.3 Å². The Morgan fingerprint density at radius 2 is 2.00 bits per heavy atom. The first-order valence-electron chi connectivity index (χ1n) is 8.58. The zero-order valence-electron chi connectivity index (χ0n) is 13.9. The number of aliphatic imine (C=N–C) groups is 1. The summed E-state index contributed by atoms with van der Waals surface area (Å²) in [4.78, 5) is 4.00. The molecule has 0 aromatic carbocycles. The van der Waals surface area contributed by atoms with Crippen LogP contribution in [0, 0.1) is 17.8 Å². The van der Waals surface area contributed by atoms with Crippen LogP contribution in [-0.4, -0.2) is 24.8 Å². The summed E-state index contributed by atoms with van der Waals surface area (Å²) in [7, 11) is 0. The zero-order valence-corrected chi connectivity index (χ0v) is 14.6. The van der Waals surface area contributed by atoms with Gasteiger partial charge >= 0.3 is 0 Å². The summed E-state index contributed by atoms with van der Waals surface area (Å²) in [5, 5.41) is 3.62. The van der Waals surface area contributed by atoms with Crippen molar-refractivity contribution in [3.63, 3.8) is 0 Å². The lowest BCUT2D eigenvalue weighted by Crippen LogP contribution is -2.43. The first-order valence-corrected chi connectivity index (χ1v) is 9.01. The van der Waals surface area contributed by atoms with E-state index in [1.807, 2.05) is 0 Å². The van der Waals surface area contributed by atoms with Crippen molar-refractivity contribution in [2.45, 2.75) is 70.3 Å². The lowest BCUT2D eigenvalue weighted by Gasteiger charge is -2.30. The molecule has 4 atom stereocenters. The van der Waals surface area contributed by atoms with Crippen molar-refractivity contribution in [1.82, 2.24) is 5.32 Å². The van der Waals surface area contributed by atoms with E-state index < -0.39 is 0 Å². The van der Waals surface area contributed by atoms with E-state index in [9.17, 15) is 0 Å². The molecule has 1 aliphatic carbocycles. The third-order valence-corrected chi connectivity index (χ3v) is 5.45. The first-order chi connectivity index (χ1) is 10.1. The molecule has 4 unspecified atom stereocenters. The molecule has 0 heterocycles. The minimum Gasteiger partial charge on any atom is -0.310 e. The Labute approximate surface area is 136 Å². The average molecular weight is 313 g/mol. The van der Waals surface area contributed by atoms with E-state index >= 15 is 0 Å². The molecule has 1 N–H and O–H groups in total. The molecular formula is C18H33ClN2. The van der Waals surface area contributed by atoms with Crippen molar-refractivity contribution in [2.24, 2.45) is 22.7 Å². The third-order valence-electron chi connectivity index (χ3n) is 5.04. The molecule has 1 aliphatic rings. The van der Waals surface area contributed by atoms with E-state index in [-0.39, 0.29) is 11.5 Å². The highest BCUT2D eigenvalue weighted by Gasteiger charge is 2.24. The SMILES string of the molecule is C=CC(CNC(C(C)CC)C(Cl)N=C)CC1CCCCC1. The molecule has 0 radical (unpaired) electrons. The van der Waals surface area contributed by atoms with Gasteiger partial charge in [0, 0.05) is 12.6 Å². The quantitative estimate of drug-likeness (QED) is 0.260. The molecule has 122 valence electrons. The Bertz CT molecular complexity index is 300. The van der Waals surface area contributed by atoms with E-state index in [0.29, 0.717) is 11.8 Å². The van der Waals surface area contributed by atoms with Gasteiger partial charge in [0.05, 0.1) is 0 Å². The van der Waals surface area contributed by atoms with Gasteiger partial charge in [0.15, 0.2) is 0 Å². The highest BCUT2D eigenvalue weighted by molar-refractivity contribution is 6.21. The molecule has 1 rings (SSSR count). The number of nitrogens with one attached hydrogen (secondary N) is 1. The average Bonchev–Trinajstić information content (AvgIpc) is 2.54. The number of hydrogen-bond acceptors (Lipinski definition) is 2. The third kappa shape index (κ3) is 6.52. The second kappa shape index (κ2) is 10.4. The van der Waals surface area contributed by atoms with Crippen LogP contribution in [-0.2, 0) is 0 Å². The van der Waals surface area contributed by atoms with Gasteiger partial charge in [0.1, 0.15) is 5.50 Å². The minimum atomic E-state index is -0.250. The Morgan fingerprint density at radius 3 is 2.52 bits per heavy atom. The predicted octanol–water partition coefficient (Wildman–Crippen LogP) is 5.03. The van der Waals surface area contributed by atoms with Crippen molar-refractivity contribution in [3.8, 4) is 0 Å². The number of rotatable bonds is 10. The summed E-state index contributed by atoms with van der Waals surface area (Å²) in [6.45, 7) is 13.0. The first kappa shape index (κ1) is 18.7. The summed E-state index contributed by atoms with van der Waals surface area (Å²) in [5.41, 5.74) is -0.250. The number of halogens is 1. The molecule has 3 heteroatoms. The minimum absolute atomic E-state index is 0.197. The molecule has 0 bridgehead atoms. The maximum atomic E-state index is 6.31. The zero-order chi connectivity index (χ0) is 15.7. The van der Waals surface area contributed by atoms with Gasteiger partial charge in [0.25, 0.3) is 0 Å². The number of alkyl halides is 1. The molecule has 0 spiro atoms. The maximum absolute atomic E-state index is 6.31. The van der Waals surface area contributed by atoms with Crippen LogP contribution in [0.5, 0.6) is 0 Å². The normalized spacial score (nSPS) is 22.2. The van der Waals surface area contributed by atoms with Crippen molar-refractivity contribution in [1.29, 1.82) is 0 Å². The summed E-state index contributed by atoms with van der Waals surface area (Å²) < 4.78 is 0. The summed E-state index contributed by atoms with van der Waals surface area (Å²) in [6, 6.07) is 0.197. The van der Waals surface area contributed by atoms with Gasteiger partial charge in [-0.3, -0.25) is 4.99 Å². The molecule has 0 aromatic rings. The molecule has 1 fully saturated rings.